The summed E-state index contributed by atoms with van der Waals surface area (Å²) >= 11 is 0. The molecular formula is C42H80N+. The first-order valence-corrected chi connectivity index (χ1v) is 20.2. The van der Waals surface area contributed by atoms with Crippen LogP contribution in [-0.2, 0) is 19.9 Å². The van der Waals surface area contributed by atoms with Gasteiger partial charge in [-0.3, -0.25) is 0 Å². The SMILES string of the molecule is CCCCCCCCCCCCCCCCCCc1cc[n+](C)cc1CCCCCCCCCCCCCCCCCC. The molecule has 0 radical (unpaired) electrons. The molecule has 1 heterocycles. The first-order chi connectivity index (χ1) is 21.3. The molecule has 0 fully saturated rings. The zero-order chi connectivity index (χ0) is 30.9. The number of aromatic nitrogens is 1. The molecule has 1 aromatic rings. The highest BCUT2D eigenvalue weighted by atomic mass is 14.9. The molecule has 0 spiro atoms. The largest absolute Gasteiger partial charge is 0.208 e. The number of nitrogens with zero attached hydrogens (tertiary/aromatic N) is 1. The molecule has 0 saturated heterocycles. The summed E-state index contributed by atoms with van der Waals surface area (Å²) in [5.74, 6) is 0. The quantitative estimate of drug-likeness (QED) is 0.0549. The van der Waals surface area contributed by atoms with E-state index in [2.05, 4.69) is 43.9 Å². The van der Waals surface area contributed by atoms with Crippen LogP contribution in [0.15, 0.2) is 18.5 Å². The van der Waals surface area contributed by atoms with E-state index in [1.807, 2.05) is 0 Å². The lowest BCUT2D eigenvalue weighted by atomic mass is 9.97. The molecule has 43 heavy (non-hydrogen) atoms. The Morgan fingerprint density at radius 3 is 0.907 bits per heavy atom. The predicted molar refractivity (Wildman–Crippen MR) is 194 cm³/mol. The number of unbranched alkanes of at least 4 members (excludes halogenated alkanes) is 30. The monoisotopic (exact) mass is 599 g/mol. The van der Waals surface area contributed by atoms with Crippen LogP contribution >= 0.6 is 0 Å². The van der Waals surface area contributed by atoms with Crippen molar-refractivity contribution >= 4 is 0 Å². The second kappa shape index (κ2) is 32.5. The average molecular weight is 599 g/mol. The van der Waals surface area contributed by atoms with Gasteiger partial charge in [-0.2, -0.15) is 0 Å². The summed E-state index contributed by atoms with van der Waals surface area (Å²) in [5, 5.41) is 0. The lowest BCUT2D eigenvalue weighted by Crippen LogP contribution is -2.27. The van der Waals surface area contributed by atoms with Gasteiger partial charge in [0, 0.05) is 11.6 Å². The summed E-state index contributed by atoms with van der Waals surface area (Å²) in [6.07, 6.45) is 53.6. The van der Waals surface area contributed by atoms with Crippen molar-refractivity contribution in [2.45, 2.75) is 232 Å². The number of pyridine rings is 1. The third-order valence-corrected chi connectivity index (χ3v) is 9.88. The molecule has 1 nitrogen and oxygen atoms in total. The predicted octanol–water partition coefficient (Wildman–Crippen LogP) is 14.1. The third kappa shape index (κ3) is 27.2. The molecule has 0 atom stereocenters. The minimum Gasteiger partial charge on any atom is -0.208 e. The van der Waals surface area contributed by atoms with Crippen molar-refractivity contribution in [1.82, 2.24) is 0 Å². The van der Waals surface area contributed by atoms with Crippen molar-refractivity contribution in [1.29, 1.82) is 0 Å². The van der Waals surface area contributed by atoms with Crippen molar-refractivity contribution in [3.05, 3.63) is 29.6 Å². The summed E-state index contributed by atoms with van der Waals surface area (Å²) in [4.78, 5) is 0. The van der Waals surface area contributed by atoms with Gasteiger partial charge in [-0.05, 0) is 31.2 Å². The van der Waals surface area contributed by atoms with Crippen LogP contribution in [0.4, 0.5) is 0 Å². The van der Waals surface area contributed by atoms with E-state index in [-0.39, 0.29) is 0 Å². The first-order valence-electron chi connectivity index (χ1n) is 20.2. The minimum atomic E-state index is 1.28. The third-order valence-electron chi connectivity index (χ3n) is 9.88. The van der Waals surface area contributed by atoms with E-state index in [1.165, 1.54) is 218 Å². The molecule has 0 aliphatic carbocycles. The normalized spacial score (nSPS) is 11.5. The molecular weight excluding hydrogens is 518 g/mol. The first kappa shape index (κ1) is 40.2. The van der Waals surface area contributed by atoms with Gasteiger partial charge in [0.25, 0.3) is 0 Å². The summed E-state index contributed by atoms with van der Waals surface area (Å²) < 4.78 is 2.26. The van der Waals surface area contributed by atoms with Gasteiger partial charge in [0.2, 0.25) is 0 Å². The molecule has 1 aromatic heterocycles. The van der Waals surface area contributed by atoms with E-state index in [0.717, 1.165) is 0 Å². The van der Waals surface area contributed by atoms with E-state index >= 15 is 0 Å². The van der Waals surface area contributed by atoms with Gasteiger partial charge in [0.05, 0.1) is 0 Å². The Morgan fingerprint density at radius 2 is 0.605 bits per heavy atom. The molecule has 0 aliphatic rings. The van der Waals surface area contributed by atoms with Gasteiger partial charge in [-0.25, -0.2) is 4.57 Å². The smallest absolute Gasteiger partial charge is 0.171 e. The molecule has 0 amide bonds. The summed E-state index contributed by atoms with van der Waals surface area (Å²) in [6.45, 7) is 4.62. The van der Waals surface area contributed by atoms with Gasteiger partial charge in [0.15, 0.2) is 12.4 Å². The average Bonchev–Trinajstić information content (AvgIpc) is 3.01. The van der Waals surface area contributed by atoms with Crippen LogP contribution < -0.4 is 4.57 Å². The molecule has 0 saturated carbocycles. The van der Waals surface area contributed by atoms with E-state index in [0.29, 0.717) is 0 Å². The maximum Gasteiger partial charge on any atom is 0.171 e. The highest BCUT2D eigenvalue weighted by Gasteiger charge is 2.07. The van der Waals surface area contributed by atoms with Gasteiger partial charge < -0.3 is 0 Å². The van der Waals surface area contributed by atoms with Crippen LogP contribution in [0.5, 0.6) is 0 Å². The van der Waals surface area contributed by atoms with Gasteiger partial charge >= 0.3 is 0 Å². The fourth-order valence-corrected chi connectivity index (χ4v) is 6.88. The molecule has 0 aliphatic heterocycles. The Kier molecular flexibility index (Phi) is 30.4. The van der Waals surface area contributed by atoms with Gasteiger partial charge in [-0.15, -0.1) is 0 Å². The summed E-state index contributed by atoms with van der Waals surface area (Å²) in [6, 6.07) is 2.41. The zero-order valence-electron chi connectivity index (χ0n) is 30.2. The van der Waals surface area contributed by atoms with E-state index < -0.39 is 0 Å². The highest BCUT2D eigenvalue weighted by molar-refractivity contribution is 5.21. The number of aryl methyl sites for hydroxylation is 3. The van der Waals surface area contributed by atoms with Gasteiger partial charge in [0.1, 0.15) is 7.05 Å². The Balaban J connectivity index is 1.94. The van der Waals surface area contributed by atoms with Crippen molar-refractivity contribution < 1.29 is 4.57 Å². The fourth-order valence-electron chi connectivity index (χ4n) is 6.88. The lowest BCUT2D eigenvalue weighted by molar-refractivity contribution is -0.672. The Hall–Kier alpha value is -0.850. The van der Waals surface area contributed by atoms with Crippen molar-refractivity contribution in [2.75, 3.05) is 0 Å². The summed E-state index contributed by atoms with van der Waals surface area (Å²) in [7, 11) is 2.19. The fraction of sp³-hybridized carbons (Fsp3) is 0.881. The standard InChI is InChI=1S/C42H80N/c1-4-6-8-10-12-14-16-18-20-22-24-26-28-30-32-34-36-41-38-39-43(3)40-42(41)37-35-33-31-29-27-25-23-21-19-17-15-13-11-9-7-5-2/h38-40H,4-37H2,1-3H3/q+1. The molecule has 0 unspecified atom stereocenters. The van der Waals surface area contributed by atoms with E-state index in [4.69, 9.17) is 0 Å². The lowest BCUT2D eigenvalue weighted by Gasteiger charge is -2.08. The molecule has 1 heteroatoms. The topological polar surface area (TPSA) is 3.88 Å². The van der Waals surface area contributed by atoms with Crippen molar-refractivity contribution in [3.63, 3.8) is 0 Å². The van der Waals surface area contributed by atoms with Crippen LogP contribution in [-0.4, -0.2) is 0 Å². The number of hydrogen-bond acceptors (Lipinski definition) is 0. The maximum atomic E-state index is 2.41. The van der Waals surface area contributed by atoms with Crippen molar-refractivity contribution in [3.8, 4) is 0 Å². The van der Waals surface area contributed by atoms with Crippen LogP contribution in [0.25, 0.3) is 0 Å². The Bertz CT molecular complexity index is 679. The zero-order valence-corrected chi connectivity index (χ0v) is 30.2. The number of rotatable bonds is 34. The van der Waals surface area contributed by atoms with Gasteiger partial charge in [-0.1, -0.05) is 206 Å². The maximum absolute atomic E-state index is 2.41. The Labute approximate surface area is 272 Å². The minimum absolute atomic E-state index is 1.28. The molecule has 252 valence electrons. The Morgan fingerprint density at radius 1 is 0.349 bits per heavy atom. The second-order valence-electron chi connectivity index (χ2n) is 14.3. The van der Waals surface area contributed by atoms with Crippen LogP contribution in [0, 0.1) is 0 Å². The molecule has 0 aromatic carbocycles. The van der Waals surface area contributed by atoms with E-state index in [1.54, 1.807) is 11.1 Å². The molecule has 1 rings (SSSR count). The molecule has 0 bridgehead atoms. The molecule has 0 N–H and O–H groups in total. The van der Waals surface area contributed by atoms with Crippen LogP contribution in [0.3, 0.4) is 0 Å². The highest BCUT2D eigenvalue weighted by Crippen LogP contribution is 2.18. The van der Waals surface area contributed by atoms with E-state index in [9.17, 15) is 0 Å². The summed E-state index contributed by atoms with van der Waals surface area (Å²) in [5.41, 5.74) is 3.25. The van der Waals surface area contributed by atoms with Crippen LogP contribution in [0.1, 0.15) is 230 Å². The van der Waals surface area contributed by atoms with Crippen molar-refractivity contribution in [2.24, 2.45) is 7.05 Å². The second-order valence-corrected chi connectivity index (χ2v) is 14.3. The van der Waals surface area contributed by atoms with Crippen LogP contribution in [0.2, 0.25) is 0 Å². The number of hydrogen-bond donors (Lipinski definition) is 0.